The second-order valence-corrected chi connectivity index (χ2v) is 11.2. The van der Waals surface area contributed by atoms with Gasteiger partial charge in [0.25, 0.3) is 17.4 Å². The summed E-state index contributed by atoms with van der Waals surface area (Å²) in [5.41, 5.74) is 0.116. The second kappa shape index (κ2) is 13.5. The lowest BCUT2D eigenvalue weighted by atomic mass is 9.92. The zero-order valence-electron chi connectivity index (χ0n) is 24.2. The van der Waals surface area contributed by atoms with Gasteiger partial charge in [0.1, 0.15) is 16.8 Å². The van der Waals surface area contributed by atoms with Crippen LogP contribution in [0.15, 0.2) is 65.6 Å². The smallest absolute Gasteiger partial charge is 0.318 e. The molecule has 1 atom stereocenters. The van der Waals surface area contributed by atoms with E-state index < -0.39 is 23.0 Å². The molecule has 4 rings (SSSR count). The minimum absolute atomic E-state index is 0.0702. The van der Waals surface area contributed by atoms with Crippen LogP contribution in [0.1, 0.15) is 65.8 Å². The molecule has 0 spiro atoms. The average molecular weight is 606 g/mol. The summed E-state index contributed by atoms with van der Waals surface area (Å²) in [5, 5.41) is 6.06. The molecule has 0 aliphatic heterocycles. The lowest BCUT2D eigenvalue weighted by Gasteiger charge is -2.22. The first kappa shape index (κ1) is 31.2. The number of ether oxygens (including phenoxy) is 2. The van der Waals surface area contributed by atoms with Crippen molar-refractivity contribution in [3.63, 3.8) is 0 Å². The summed E-state index contributed by atoms with van der Waals surface area (Å²) >= 11 is 6.30. The monoisotopic (exact) mass is 605 g/mol. The molecule has 0 fully saturated rings. The Morgan fingerprint density at radius 2 is 1.79 bits per heavy atom. The van der Waals surface area contributed by atoms with Crippen LogP contribution in [0.4, 0.5) is 5.69 Å². The van der Waals surface area contributed by atoms with Gasteiger partial charge in [-0.3, -0.25) is 19.2 Å². The van der Waals surface area contributed by atoms with Crippen LogP contribution >= 0.6 is 11.6 Å². The zero-order chi connectivity index (χ0) is 31.1. The van der Waals surface area contributed by atoms with Crippen molar-refractivity contribution in [2.45, 2.75) is 45.1 Å². The number of rotatable bonds is 10. The highest BCUT2D eigenvalue weighted by molar-refractivity contribution is 6.34. The fourth-order valence-electron chi connectivity index (χ4n) is 4.35. The van der Waals surface area contributed by atoms with Gasteiger partial charge in [0.15, 0.2) is 0 Å². The molecule has 2 aromatic carbocycles. The standard InChI is InChI=1S/C31H32ClN5O6/c1-31(2,3)43-25(38)16-19(18-8-6-5-7-9-18)12-13-33-27(39)20-10-11-23(32)24(15-20)35-28(40)22-14-21-17-34-30(42-4)37-26(21)36-29(22)41/h5-11,14-15,17,19H,12-13,16H2,1-4H3,(H,33,39)(H,35,40)(H,34,36,37,41)/t19-/m0/s1. The zero-order valence-corrected chi connectivity index (χ0v) is 24.9. The second-order valence-electron chi connectivity index (χ2n) is 10.8. The number of halogens is 1. The predicted octanol–water partition coefficient (Wildman–Crippen LogP) is 4.87. The van der Waals surface area contributed by atoms with Crippen molar-refractivity contribution in [3.8, 4) is 6.01 Å². The number of pyridine rings is 1. The van der Waals surface area contributed by atoms with Crippen LogP contribution in [0.5, 0.6) is 6.01 Å². The molecule has 12 heteroatoms. The molecule has 43 heavy (non-hydrogen) atoms. The lowest BCUT2D eigenvalue weighted by molar-refractivity contribution is -0.155. The molecule has 0 saturated heterocycles. The third kappa shape index (κ3) is 8.39. The molecule has 0 saturated carbocycles. The molecule has 2 amide bonds. The minimum atomic E-state index is -0.730. The third-order valence-corrected chi connectivity index (χ3v) is 6.69. The number of nitrogens with one attached hydrogen (secondary N) is 3. The highest BCUT2D eigenvalue weighted by Crippen LogP contribution is 2.26. The number of fused-ring (bicyclic) bond motifs is 1. The number of hydrogen-bond donors (Lipinski definition) is 3. The summed E-state index contributed by atoms with van der Waals surface area (Å²) in [6.07, 6.45) is 2.08. The number of nitrogens with zero attached hydrogens (tertiary/aromatic N) is 2. The summed E-state index contributed by atoms with van der Waals surface area (Å²) in [7, 11) is 1.40. The van der Waals surface area contributed by atoms with Crippen LogP contribution in [-0.2, 0) is 9.53 Å². The third-order valence-electron chi connectivity index (χ3n) is 6.36. The SMILES string of the molecule is COc1ncc2cc(C(=O)Nc3cc(C(=O)NCC[C@@H](CC(=O)OC(C)(C)C)c4ccccc4)ccc3Cl)c(=O)[nH]c2n1. The molecular formula is C31H32ClN5O6. The Bertz CT molecular complexity index is 1700. The number of benzene rings is 2. The van der Waals surface area contributed by atoms with E-state index in [1.807, 2.05) is 51.1 Å². The van der Waals surface area contributed by atoms with Gasteiger partial charge in [0.05, 0.1) is 24.2 Å². The lowest BCUT2D eigenvalue weighted by Crippen LogP contribution is -2.28. The summed E-state index contributed by atoms with van der Waals surface area (Å²) in [5.74, 6) is -1.61. The summed E-state index contributed by atoms with van der Waals surface area (Å²) in [6, 6.07) is 15.4. The first-order valence-corrected chi connectivity index (χ1v) is 13.9. The molecule has 2 aromatic heterocycles. The van der Waals surface area contributed by atoms with Crippen molar-refractivity contribution < 1.29 is 23.9 Å². The van der Waals surface area contributed by atoms with E-state index in [4.69, 9.17) is 21.1 Å². The van der Waals surface area contributed by atoms with Crippen molar-refractivity contribution in [1.82, 2.24) is 20.3 Å². The number of anilines is 1. The molecule has 3 N–H and O–H groups in total. The molecular weight excluding hydrogens is 574 g/mol. The highest BCUT2D eigenvalue weighted by Gasteiger charge is 2.22. The van der Waals surface area contributed by atoms with Crippen molar-refractivity contribution in [2.24, 2.45) is 0 Å². The summed E-state index contributed by atoms with van der Waals surface area (Å²) in [4.78, 5) is 61.7. The van der Waals surface area contributed by atoms with Gasteiger partial charge in [0, 0.05) is 23.7 Å². The number of esters is 1. The Labute approximate surface area is 253 Å². The molecule has 0 radical (unpaired) electrons. The largest absolute Gasteiger partial charge is 0.467 e. The normalized spacial score (nSPS) is 11.9. The number of aromatic amines is 1. The van der Waals surface area contributed by atoms with E-state index in [1.165, 1.54) is 37.6 Å². The van der Waals surface area contributed by atoms with Crippen LogP contribution in [0, 0.1) is 0 Å². The van der Waals surface area contributed by atoms with Gasteiger partial charge in [-0.1, -0.05) is 41.9 Å². The Balaban J connectivity index is 1.43. The molecule has 11 nitrogen and oxygen atoms in total. The van der Waals surface area contributed by atoms with E-state index in [-0.39, 0.29) is 58.3 Å². The van der Waals surface area contributed by atoms with Gasteiger partial charge in [0.2, 0.25) is 0 Å². The van der Waals surface area contributed by atoms with Crippen molar-refractivity contribution >= 4 is 46.1 Å². The molecule has 0 aliphatic rings. The molecule has 0 aliphatic carbocycles. The molecule has 224 valence electrons. The average Bonchev–Trinajstić information content (AvgIpc) is 2.96. The maximum absolute atomic E-state index is 13.0. The van der Waals surface area contributed by atoms with E-state index in [9.17, 15) is 19.2 Å². The van der Waals surface area contributed by atoms with Gasteiger partial charge in [-0.2, -0.15) is 4.98 Å². The van der Waals surface area contributed by atoms with Crippen LogP contribution in [0.2, 0.25) is 5.02 Å². The number of aromatic nitrogens is 3. The van der Waals surface area contributed by atoms with E-state index in [0.717, 1.165) is 5.56 Å². The van der Waals surface area contributed by atoms with Gasteiger partial charge >= 0.3 is 12.0 Å². The van der Waals surface area contributed by atoms with E-state index in [1.54, 1.807) is 0 Å². The number of hydrogen-bond acceptors (Lipinski definition) is 8. The fourth-order valence-corrected chi connectivity index (χ4v) is 4.52. The van der Waals surface area contributed by atoms with Crippen molar-refractivity contribution in [2.75, 3.05) is 19.0 Å². The van der Waals surface area contributed by atoms with Crippen molar-refractivity contribution in [1.29, 1.82) is 0 Å². The van der Waals surface area contributed by atoms with Gasteiger partial charge in [-0.15, -0.1) is 0 Å². The predicted molar refractivity (Wildman–Crippen MR) is 163 cm³/mol. The van der Waals surface area contributed by atoms with Crippen LogP contribution < -0.4 is 20.9 Å². The maximum Gasteiger partial charge on any atom is 0.318 e. The number of carbonyl (C=O) groups is 3. The first-order valence-electron chi connectivity index (χ1n) is 13.5. The van der Waals surface area contributed by atoms with Gasteiger partial charge in [-0.05, 0) is 62.9 Å². The molecule has 0 unspecified atom stereocenters. The van der Waals surface area contributed by atoms with Crippen LogP contribution in [0.25, 0.3) is 11.0 Å². The van der Waals surface area contributed by atoms with Gasteiger partial charge < -0.3 is 25.1 Å². The van der Waals surface area contributed by atoms with Crippen LogP contribution in [-0.4, -0.2) is 52.0 Å². The Hall–Kier alpha value is -4.77. The van der Waals surface area contributed by atoms with E-state index in [2.05, 4.69) is 25.6 Å². The maximum atomic E-state index is 13.0. The Morgan fingerprint density at radius 3 is 2.49 bits per heavy atom. The summed E-state index contributed by atoms with van der Waals surface area (Å²) in [6.45, 7) is 5.73. The minimum Gasteiger partial charge on any atom is -0.467 e. The Kier molecular flexibility index (Phi) is 9.77. The number of H-pyrrole nitrogens is 1. The Morgan fingerprint density at radius 1 is 1.05 bits per heavy atom. The van der Waals surface area contributed by atoms with Crippen LogP contribution in [0.3, 0.4) is 0 Å². The summed E-state index contributed by atoms with van der Waals surface area (Å²) < 4.78 is 10.5. The number of methoxy groups -OCH3 is 1. The van der Waals surface area contributed by atoms with Crippen molar-refractivity contribution in [3.05, 3.63) is 92.9 Å². The number of amides is 2. The molecule has 0 bridgehead atoms. The fraction of sp³-hybridized carbons (Fsp3) is 0.290. The first-order chi connectivity index (χ1) is 20.4. The molecule has 2 heterocycles. The topological polar surface area (TPSA) is 152 Å². The van der Waals surface area contributed by atoms with Gasteiger partial charge in [-0.25, -0.2) is 4.98 Å². The quantitative estimate of drug-likeness (QED) is 0.217. The number of carbonyl (C=O) groups excluding carboxylic acids is 3. The van der Waals surface area contributed by atoms with E-state index >= 15 is 0 Å². The highest BCUT2D eigenvalue weighted by atomic mass is 35.5. The van der Waals surface area contributed by atoms with E-state index in [0.29, 0.717) is 11.8 Å². The molecule has 4 aromatic rings.